The molecule has 1 heterocycles. The third-order valence-electron chi connectivity index (χ3n) is 3.21. The smallest absolute Gasteiger partial charge is 0.227 e. The zero-order valence-corrected chi connectivity index (χ0v) is 12.2. The highest BCUT2D eigenvalue weighted by molar-refractivity contribution is 5.90. The number of amides is 1. The molecule has 0 aliphatic carbocycles. The molecule has 116 valence electrons. The van der Waals surface area contributed by atoms with Crippen LogP contribution in [0.15, 0.2) is 59.1 Å². The first-order chi connectivity index (χ1) is 11.2. The van der Waals surface area contributed by atoms with Crippen LogP contribution in [0, 0.1) is 5.82 Å². The fourth-order valence-corrected chi connectivity index (χ4v) is 2.06. The number of aromatic nitrogens is 2. The Bertz CT molecular complexity index is 802. The van der Waals surface area contributed by atoms with Gasteiger partial charge in [0.1, 0.15) is 5.82 Å². The van der Waals surface area contributed by atoms with Crippen molar-refractivity contribution in [2.24, 2.45) is 0 Å². The van der Waals surface area contributed by atoms with E-state index < -0.39 is 5.82 Å². The number of para-hydroxylation sites is 1. The van der Waals surface area contributed by atoms with Crippen LogP contribution in [-0.2, 0) is 11.2 Å². The minimum Gasteiger partial charge on any atom is -0.339 e. The van der Waals surface area contributed by atoms with Crippen molar-refractivity contribution < 1.29 is 13.7 Å². The Morgan fingerprint density at radius 2 is 1.83 bits per heavy atom. The summed E-state index contributed by atoms with van der Waals surface area (Å²) in [5, 5.41) is 6.40. The minimum atomic E-state index is -0.468. The van der Waals surface area contributed by atoms with E-state index in [2.05, 4.69) is 15.5 Å². The number of halogens is 1. The van der Waals surface area contributed by atoms with E-state index in [-0.39, 0.29) is 18.0 Å². The van der Waals surface area contributed by atoms with E-state index in [1.807, 2.05) is 30.3 Å². The average molecular weight is 311 g/mol. The van der Waals surface area contributed by atoms with E-state index in [0.717, 1.165) is 5.56 Å². The van der Waals surface area contributed by atoms with Gasteiger partial charge in [0.25, 0.3) is 0 Å². The Hall–Kier alpha value is -3.02. The number of nitrogens with one attached hydrogen (secondary N) is 1. The normalized spacial score (nSPS) is 10.5. The molecule has 0 unspecified atom stereocenters. The summed E-state index contributed by atoms with van der Waals surface area (Å²) in [7, 11) is 0. The summed E-state index contributed by atoms with van der Waals surface area (Å²) in [6.45, 7) is 0. The zero-order chi connectivity index (χ0) is 16.1. The Labute approximate surface area is 132 Å². The Morgan fingerprint density at radius 1 is 1.09 bits per heavy atom. The van der Waals surface area contributed by atoms with Crippen LogP contribution in [-0.4, -0.2) is 16.0 Å². The topological polar surface area (TPSA) is 68.0 Å². The first-order valence-electron chi connectivity index (χ1n) is 7.15. The summed E-state index contributed by atoms with van der Waals surface area (Å²) >= 11 is 0. The van der Waals surface area contributed by atoms with Gasteiger partial charge in [-0.2, -0.15) is 4.98 Å². The van der Waals surface area contributed by atoms with E-state index in [1.165, 1.54) is 12.1 Å². The lowest BCUT2D eigenvalue weighted by Gasteiger charge is -2.04. The maximum atomic E-state index is 13.4. The molecule has 0 fully saturated rings. The SMILES string of the molecule is O=C(CCc1nc(-c2ccccc2)no1)Nc1ccccc1F. The first-order valence-corrected chi connectivity index (χ1v) is 7.15. The van der Waals surface area contributed by atoms with Gasteiger partial charge in [-0.1, -0.05) is 47.6 Å². The van der Waals surface area contributed by atoms with Crippen molar-refractivity contribution in [3.63, 3.8) is 0 Å². The average Bonchev–Trinajstić information content (AvgIpc) is 3.05. The van der Waals surface area contributed by atoms with E-state index in [9.17, 15) is 9.18 Å². The second kappa shape index (κ2) is 6.83. The van der Waals surface area contributed by atoms with Crippen LogP contribution in [0.3, 0.4) is 0 Å². The lowest BCUT2D eigenvalue weighted by molar-refractivity contribution is -0.116. The fraction of sp³-hybridized carbons (Fsp3) is 0.118. The summed E-state index contributed by atoms with van der Waals surface area (Å²) in [6.07, 6.45) is 0.422. The molecule has 6 heteroatoms. The van der Waals surface area contributed by atoms with Crippen molar-refractivity contribution in [1.29, 1.82) is 0 Å². The van der Waals surface area contributed by atoms with E-state index in [0.29, 0.717) is 18.1 Å². The summed E-state index contributed by atoms with van der Waals surface area (Å²) in [4.78, 5) is 16.1. The van der Waals surface area contributed by atoms with Crippen LogP contribution >= 0.6 is 0 Å². The van der Waals surface area contributed by atoms with Crippen LogP contribution in [0.25, 0.3) is 11.4 Å². The van der Waals surface area contributed by atoms with Crippen LogP contribution < -0.4 is 5.32 Å². The molecule has 23 heavy (non-hydrogen) atoms. The van der Waals surface area contributed by atoms with Gasteiger partial charge >= 0.3 is 0 Å². The number of carbonyl (C=O) groups excluding carboxylic acids is 1. The summed E-state index contributed by atoms with van der Waals surface area (Å²) in [5.41, 5.74) is 1.01. The highest BCUT2D eigenvalue weighted by Gasteiger charge is 2.11. The maximum Gasteiger partial charge on any atom is 0.227 e. The van der Waals surface area contributed by atoms with Crippen molar-refractivity contribution >= 4 is 11.6 Å². The molecule has 0 radical (unpaired) electrons. The number of benzene rings is 2. The van der Waals surface area contributed by atoms with Gasteiger partial charge < -0.3 is 9.84 Å². The minimum absolute atomic E-state index is 0.130. The molecule has 0 aliphatic heterocycles. The predicted molar refractivity (Wildman–Crippen MR) is 83.1 cm³/mol. The number of hydrogen-bond acceptors (Lipinski definition) is 4. The second-order valence-corrected chi connectivity index (χ2v) is 4.91. The van der Waals surface area contributed by atoms with E-state index in [4.69, 9.17) is 4.52 Å². The third-order valence-corrected chi connectivity index (χ3v) is 3.21. The molecule has 1 N–H and O–H groups in total. The lowest BCUT2D eigenvalue weighted by Crippen LogP contribution is -2.13. The van der Waals surface area contributed by atoms with Gasteiger partial charge in [0.2, 0.25) is 17.6 Å². The highest BCUT2D eigenvalue weighted by Crippen LogP contribution is 2.16. The van der Waals surface area contributed by atoms with Crippen LogP contribution in [0.5, 0.6) is 0 Å². The largest absolute Gasteiger partial charge is 0.339 e. The van der Waals surface area contributed by atoms with Crippen LogP contribution in [0.4, 0.5) is 10.1 Å². The maximum absolute atomic E-state index is 13.4. The molecule has 0 saturated carbocycles. The number of rotatable bonds is 5. The van der Waals surface area contributed by atoms with Crippen molar-refractivity contribution in [1.82, 2.24) is 10.1 Å². The molecule has 3 aromatic rings. The monoisotopic (exact) mass is 311 g/mol. The van der Waals surface area contributed by atoms with Crippen molar-refractivity contribution in [3.8, 4) is 11.4 Å². The third kappa shape index (κ3) is 3.79. The lowest BCUT2D eigenvalue weighted by atomic mass is 10.2. The zero-order valence-electron chi connectivity index (χ0n) is 12.2. The van der Waals surface area contributed by atoms with Gasteiger partial charge in [-0.3, -0.25) is 4.79 Å². The van der Waals surface area contributed by atoms with E-state index in [1.54, 1.807) is 12.1 Å². The van der Waals surface area contributed by atoms with Crippen LogP contribution in [0.1, 0.15) is 12.3 Å². The van der Waals surface area contributed by atoms with Crippen molar-refractivity contribution in [3.05, 3.63) is 66.3 Å². The van der Waals surface area contributed by atoms with E-state index >= 15 is 0 Å². The molecule has 0 spiro atoms. The number of nitrogens with zero attached hydrogens (tertiary/aromatic N) is 2. The molecule has 1 aromatic heterocycles. The number of hydrogen-bond donors (Lipinski definition) is 1. The molecule has 0 bridgehead atoms. The molecule has 3 rings (SSSR count). The Kier molecular flexibility index (Phi) is 4.42. The molecule has 0 aliphatic rings. The first kappa shape index (κ1) is 14.9. The fourth-order valence-electron chi connectivity index (χ4n) is 2.06. The molecule has 0 saturated heterocycles. The molecule has 1 amide bonds. The van der Waals surface area contributed by atoms with Crippen molar-refractivity contribution in [2.75, 3.05) is 5.32 Å². The molecule has 2 aromatic carbocycles. The number of anilines is 1. The van der Waals surface area contributed by atoms with Gasteiger partial charge in [-0.25, -0.2) is 4.39 Å². The number of carbonyl (C=O) groups is 1. The van der Waals surface area contributed by atoms with Gasteiger partial charge in [0.05, 0.1) is 5.69 Å². The molecule has 0 atom stereocenters. The van der Waals surface area contributed by atoms with Gasteiger partial charge in [-0.05, 0) is 12.1 Å². The predicted octanol–water partition coefficient (Wildman–Crippen LogP) is 3.45. The standard InChI is InChI=1S/C17H14FN3O2/c18-13-8-4-5-9-14(13)19-15(22)10-11-16-20-17(21-23-16)12-6-2-1-3-7-12/h1-9H,10-11H2,(H,19,22). The second-order valence-electron chi connectivity index (χ2n) is 4.91. The summed E-state index contributed by atoms with van der Waals surface area (Å²) in [6, 6.07) is 15.4. The van der Waals surface area contributed by atoms with Gasteiger partial charge in [0.15, 0.2) is 0 Å². The molecular formula is C17H14FN3O2. The summed E-state index contributed by atoms with van der Waals surface area (Å²) < 4.78 is 18.6. The van der Waals surface area contributed by atoms with Gasteiger partial charge in [0, 0.05) is 18.4 Å². The Balaban J connectivity index is 1.58. The molecular weight excluding hydrogens is 297 g/mol. The molecule has 5 nitrogen and oxygen atoms in total. The Morgan fingerprint density at radius 3 is 2.61 bits per heavy atom. The number of aryl methyl sites for hydroxylation is 1. The van der Waals surface area contributed by atoms with Crippen LogP contribution in [0.2, 0.25) is 0 Å². The quantitative estimate of drug-likeness (QED) is 0.783. The summed E-state index contributed by atoms with van der Waals surface area (Å²) in [5.74, 6) is 0.0715. The highest BCUT2D eigenvalue weighted by atomic mass is 19.1. The van der Waals surface area contributed by atoms with Gasteiger partial charge in [-0.15, -0.1) is 0 Å². The van der Waals surface area contributed by atoms with Crippen molar-refractivity contribution in [2.45, 2.75) is 12.8 Å².